The summed E-state index contributed by atoms with van der Waals surface area (Å²) in [4.78, 5) is 16.5. The van der Waals surface area contributed by atoms with E-state index >= 15 is 0 Å². The molecule has 28 heavy (non-hydrogen) atoms. The average Bonchev–Trinajstić information content (AvgIpc) is 3.13. The normalized spacial score (nSPS) is 13.5. The summed E-state index contributed by atoms with van der Waals surface area (Å²) in [5.41, 5.74) is 4.83. The van der Waals surface area contributed by atoms with E-state index in [1.54, 1.807) is 35.4 Å². The lowest BCUT2D eigenvalue weighted by atomic mass is 10.00. The van der Waals surface area contributed by atoms with E-state index in [4.69, 9.17) is 0 Å². The monoisotopic (exact) mass is 377 g/mol. The van der Waals surface area contributed by atoms with Gasteiger partial charge in [0.05, 0.1) is 11.9 Å². The van der Waals surface area contributed by atoms with Crippen molar-refractivity contribution in [3.05, 3.63) is 71.6 Å². The Balaban J connectivity index is 1.53. The Labute approximate surface area is 162 Å². The van der Waals surface area contributed by atoms with Gasteiger partial charge in [0, 0.05) is 49.4 Å². The van der Waals surface area contributed by atoms with Crippen molar-refractivity contribution in [3.8, 4) is 11.1 Å². The summed E-state index contributed by atoms with van der Waals surface area (Å²) in [6.07, 6.45) is 10.9. The van der Waals surface area contributed by atoms with Crippen molar-refractivity contribution in [2.45, 2.75) is 13.0 Å². The number of halogens is 1. The number of amides is 1. The van der Waals surface area contributed by atoms with Crippen LogP contribution in [0.25, 0.3) is 17.2 Å². The first-order valence-electron chi connectivity index (χ1n) is 9.04. The highest BCUT2D eigenvalue weighted by atomic mass is 19.1. The molecule has 0 unspecified atom stereocenters. The van der Waals surface area contributed by atoms with Crippen LogP contribution in [0.2, 0.25) is 0 Å². The van der Waals surface area contributed by atoms with Crippen LogP contribution < -0.4 is 10.6 Å². The molecule has 1 amide bonds. The van der Waals surface area contributed by atoms with Crippen LogP contribution in [0.15, 0.2) is 49.1 Å². The van der Waals surface area contributed by atoms with Crippen molar-refractivity contribution in [3.63, 3.8) is 0 Å². The van der Waals surface area contributed by atoms with Gasteiger partial charge in [0.25, 0.3) is 0 Å². The van der Waals surface area contributed by atoms with E-state index in [0.717, 1.165) is 40.8 Å². The molecule has 0 saturated heterocycles. The van der Waals surface area contributed by atoms with Crippen molar-refractivity contribution in [1.29, 1.82) is 0 Å². The van der Waals surface area contributed by atoms with Gasteiger partial charge in [-0.15, -0.1) is 0 Å². The molecule has 1 aliphatic rings. The van der Waals surface area contributed by atoms with E-state index in [1.165, 1.54) is 12.1 Å². The quantitative estimate of drug-likeness (QED) is 0.686. The Morgan fingerprint density at radius 3 is 3.04 bits per heavy atom. The average molecular weight is 377 g/mol. The molecule has 1 aromatic carbocycles. The zero-order valence-electron chi connectivity index (χ0n) is 15.4. The first-order valence-corrected chi connectivity index (χ1v) is 9.04. The lowest BCUT2D eigenvalue weighted by Gasteiger charge is -2.18. The molecule has 2 aromatic heterocycles. The van der Waals surface area contributed by atoms with Crippen molar-refractivity contribution < 1.29 is 9.18 Å². The molecule has 7 heteroatoms. The molecule has 0 atom stereocenters. The van der Waals surface area contributed by atoms with E-state index in [-0.39, 0.29) is 5.69 Å². The summed E-state index contributed by atoms with van der Waals surface area (Å²) < 4.78 is 16.0. The van der Waals surface area contributed by atoms with Crippen LogP contribution in [0.5, 0.6) is 0 Å². The third-order valence-electron chi connectivity index (χ3n) is 4.72. The maximum atomic E-state index is 14.3. The highest BCUT2D eigenvalue weighted by Crippen LogP contribution is 2.24. The predicted molar refractivity (Wildman–Crippen MR) is 106 cm³/mol. The van der Waals surface area contributed by atoms with Crippen molar-refractivity contribution >= 4 is 17.7 Å². The fraction of sp³-hybridized carbons (Fsp3) is 0.190. The van der Waals surface area contributed by atoms with Gasteiger partial charge in [-0.25, -0.2) is 4.39 Å². The lowest BCUT2D eigenvalue weighted by Crippen LogP contribution is -2.24. The Morgan fingerprint density at radius 2 is 2.21 bits per heavy atom. The molecule has 142 valence electrons. The van der Waals surface area contributed by atoms with Crippen LogP contribution in [0, 0.1) is 5.82 Å². The number of rotatable bonds is 4. The van der Waals surface area contributed by atoms with E-state index in [0.29, 0.717) is 6.54 Å². The Kier molecular flexibility index (Phi) is 4.99. The molecule has 0 aliphatic carbocycles. The number of aromatic nitrogens is 3. The highest BCUT2D eigenvalue weighted by molar-refractivity contribution is 6.02. The lowest BCUT2D eigenvalue weighted by molar-refractivity contribution is -0.111. The molecule has 1 aliphatic heterocycles. The molecular formula is C21H20FN5O. The number of carbonyl (C=O) groups excluding carboxylic acids is 1. The van der Waals surface area contributed by atoms with Crippen molar-refractivity contribution in [2.75, 3.05) is 11.9 Å². The number of nitrogens with zero attached hydrogens (tertiary/aromatic N) is 3. The summed E-state index contributed by atoms with van der Waals surface area (Å²) in [7, 11) is 1.84. The van der Waals surface area contributed by atoms with E-state index in [1.807, 2.05) is 19.3 Å². The van der Waals surface area contributed by atoms with Crippen LogP contribution in [0.3, 0.4) is 0 Å². The fourth-order valence-electron chi connectivity index (χ4n) is 3.30. The number of benzene rings is 1. The number of fused-ring (bicyclic) bond motifs is 1. The summed E-state index contributed by atoms with van der Waals surface area (Å²) in [6.45, 7) is 1.50. The van der Waals surface area contributed by atoms with Gasteiger partial charge < -0.3 is 10.6 Å². The summed E-state index contributed by atoms with van der Waals surface area (Å²) in [5.74, 6) is -0.824. The van der Waals surface area contributed by atoms with Gasteiger partial charge in [-0.05, 0) is 53.9 Å². The Morgan fingerprint density at radius 1 is 1.32 bits per heavy atom. The predicted octanol–water partition coefficient (Wildman–Crippen LogP) is 2.92. The molecule has 0 bridgehead atoms. The smallest absolute Gasteiger partial charge is 0.248 e. The van der Waals surface area contributed by atoms with Gasteiger partial charge >= 0.3 is 0 Å². The fourth-order valence-corrected chi connectivity index (χ4v) is 3.30. The van der Waals surface area contributed by atoms with Gasteiger partial charge in [-0.2, -0.15) is 5.10 Å². The molecule has 0 spiro atoms. The molecular weight excluding hydrogens is 357 g/mol. The van der Waals surface area contributed by atoms with E-state index < -0.39 is 11.7 Å². The topological polar surface area (TPSA) is 71.8 Å². The minimum atomic E-state index is -0.429. The number of carbonyl (C=O) groups is 1. The second kappa shape index (κ2) is 7.74. The zero-order chi connectivity index (χ0) is 19.5. The largest absolute Gasteiger partial charge is 0.320 e. The third kappa shape index (κ3) is 3.84. The van der Waals surface area contributed by atoms with Crippen molar-refractivity contribution in [1.82, 2.24) is 20.1 Å². The summed E-state index contributed by atoms with van der Waals surface area (Å²) >= 11 is 0. The second-order valence-electron chi connectivity index (χ2n) is 6.72. The van der Waals surface area contributed by atoms with Crippen LogP contribution in [0.1, 0.15) is 16.7 Å². The van der Waals surface area contributed by atoms with Crippen LogP contribution in [0.4, 0.5) is 10.1 Å². The van der Waals surface area contributed by atoms with Gasteiger partial charge in [0.1, 0.15) is 5.82 Å². The maximum Gasteiger partial charge on any atom is 0.248 e. The third-order valence-corrected chi connectivity index (χ3v) is 4.72. The number of nitrogens with one attached hydrogen (secondary N) is 2. The van der Waals surface area contributed by atoms with Gasteiger partial charge in [0.15, 0.2) is 0 Å². The van der Waals surface area contributed by atoms with Gasteiger partial charge in [-0.3, -0.25) is 14.5 Å². The van der Waals surface area contributed by atoms with Crippen LogP contribution in [-0.2, 0) is 24.8 Å². The Hall–Kier alpha value is -3.32. The molecule has 4 rings (SSSR count). The van der Waals surface area contributed by atoms with Crippen LogP contribution >= 0.6 is 0 Å². The Bertz CT molecular complexity index is 1060. The molecule has 3 aromatic rings. The minimum absolute atomic E-state index is 0.203. The number of anilines is 1. The van der Waals surface area contributed by atoms with Gasteiger partial charge in [-0.1, -0.05) is 0 Å². The molecule has 0 radical (unpaired) electrons. The van der Waals surface area contributed by atoms with Gasteiger partial charge in [0.2, 0.25) is 5.91 Å². The summed E-state index contributed by atoms with van der Waals surface area (Å²) in [6, 6.07) is 5.08. The minimum Gasteiger partial charge on any atom is -0.320 e. The highest BCUT2D eigenvalue weighted by Gasteiger charge is 2.14. The van der Waals surface area contributed by atoms with E-state index in [9.17, 15) is 9.18 Å². The molecule has 0 saturated carbocycles. The summed E-state index contributed by atoms with van der Waals surface area (Å²) in [5, 5.41) is 10.0. The maximum absolute atomic E-state index is 14.3. The number of aryl methyl sites for hydroxylation is 1. The number of hydrogen-bond acceptors (Lipinski definition) is 4. The molecule has 6 nitrogen and oxygen atoms in total. The standard InChI is InChI=1S/C21H20FN5O/c1-27-13-17(12-25-27)18-5-7-24-10-15(18)2-3-21(28)26-20-9-14-4-6-23-11-16(14)8-19(20)22/h2-3,5,7-10,12-13,23H,4,6,11H2,1H3,(H,26,28). The SMILES string of the molecule is Cn1cc(-c2ccncc2C=CC(=O)Nc2cc3c(cc2F)CNCC3)cn1. The number of pyridine rings is 1. The molecule has 3 heterocycles. The molecule has 2 N–H and O–H groups in total. The second-order valence-corrected chi connectivity index (χ2v) is 6.72. The first kappa shape index (κ1) is 18.1. The van der Waals surface area contributed by atoms with E-state index in [2.05, 4.69) is 20.7 Å². The molecule has 0 fully saturated rings. The number of hydrogen-bond donors (Lipinski definition) is 2. The van der Waals surface area contributed by atoms with Crippen LogP contribution in [-0.4, -0.2) is 27.2 Å². The first-order chi connectivity index (χ1) is 13.6. The zero-order valence-corrected chi connectivity index (χ0v) is 15.4. The van der Waals surface area contributed by atoms with Crippen molar-refractivity contribution in [2.24, 2.45) is 7.05 Å².